The molecule has 1 atom stereocenters. The Hall–Kier alpha value is -1.35. The molecule has 3 heteroatoms. The van der Waals surface area contributed by atoms with Gasteiger partial charge < -0.3 is 10.4 Å². The van der Waals surface area contributed by atoms with E-state index in [9.17, 15) is 9.90 Å². The number of fused-ring (bicyclic) bond motifs is 1. The van der Waals surface area contributed by atoms with Crippen molar-refractivity contribution in [2.45, 2.75) is 45.6 Å². The lowest BCUT2D eigenvalue weighted by Crippen LogP contribution is -2.30. The average Bonchev–Trinajstić information content (AvgIpc) is 2.82. The molecule has 0 heterocycles. The maximum Gasteiger partial charge on any atom is 0.309 e. The van der Waals surface area contributed by atoms with E-state index in [1.165, 1.54) is 29.5 Å². The quantitative estimate of drug-likeness (QED) is 0.856. The third kappa shape index (κ3) is 2.98. The second-order valence-corrected chi connectivity index (χ2v) is 6.12. The van der Waals surface area contributed by atoms with E-state index in [1.807, 2.05) is 7.05 Å². The van der Waals surface area contributed by atoms with Gasteiger partial charge in [0.1, 0.15) is 0 Å². The zero-order chi connectivity index (χ0) is 14.0. The van der Waals surface area contributed by atoms with Gasteiger partial charge in [-0.15, -0.1) is 0 Å². The Balaban J connectivity index is 2.20. The van der Waals surface area contributed by atoms with E-state index in [0.29, 0.717) is 6.42 Å². The van der Waals surface area contributed by atoms with Crippen molar-refractivity contribution in [2.24, 2.45) is 5.41 Å². The summed E-state index contributed by atoms with van der Waals surface area (Å²) in [6, 6.07) is 6.69. The summed E-state index contributed by atoms with van der Waals surface area (Å²) in [5.74, 6) is -0.742. The highest BCUT2D eigenvalue weighted by Crippen LogP contribution is 2.32. The van der Waals surface area contributed by atoms with Crippen LogP contribution in [0.25, 0.3) is 0 Å². The highest BCUT2D eigenvalue weighted by atomic mass is 16.4. The van der Waals surface area contributed by atoms with Crippen LogP contribution < -0.4 is 5.32 Å². The van der Waals surface area contributed by atoms with E-state index in [4.69, 9.17) is 0 Å². The smallest absolute Gasteiger partial charge is 0.309 e. The lowest BCUT2D eigenvalue weighted by Gasteiger charge is -2.26. The second-order valence-electron chi connectivity index (χ2n) is 6.12. The number of carboxylic acid groups (broad SMARTS) is 1. The number of aliphatic carboxylic acids is 1. The van der Waals surface area contributed by atoms with Crippen LogP contribution in [-0.2, 0) is 17.6 Å². The van der Waals surface area contributed by atoms with Crippen LogP contribution in [0, 0.1) is 5.41 Å². The molecule has 0 aliphatic heterocycles. The second kappa shape index (κ2) is 5.33. The van der Waals surface area contributed by atoms with E-state index in [1.54, 1.807) is 13.8 Å². The van der Waals surface area contributed by atoms with Crippen LogP contribution in [0.1, 0.15) is 49.4 Å². The van der Waals surface area contributed by atoms with Gasteiger partial charge in [-0.05, 0) is 63.3 Å². The molecule has 0 spiro atoms. The fourth-order valence-electron chi connectivity index (χ4n) is 2.79. The Morgan fingerprint density at radius 1 is 1.37 bits per heavy atom. The largest absolute Gasteiger partial charge is 0.481 e. The minimum Gasteiger partial charge on any atom is -0.481 e. The van der Waals surface area contributed by atoms with Gasteiger partial charge in [-0.25, -0.2) is 0 Å². The molecule has 0 amide bonds. The predicted octanol–water partition coefficient (Wildman–Crippen LogP) is 2.94. The van der Waals surface area contributed by atoms with Crippen LogP contribution in [0.15, 0.2) is 18.2 Å². The van der Waals surface area contributed by atoms with Crippen LogP contribution in [0.3, 0.4) is 0 Å². The standard InChI is InChI=1S/C16H23NO2/c1-16(2,15(18)19)10-14(17-3)13-8-7-11-5-4-6-12(11)9-13/h7-9,14,17H,4-6,10H2,1-3H3,(H,18,19). The molecule has 0 fully saturated rings. The molecule has 1 unspecified atom stereocenters. The Morgan fingerprint density at radius 3 is 2.68 bits per heavy atom. The fourth-order valence-corrected chi connectivity index (χ4v) is 2.79. The molecular formula is C16H23NO2. The third-order valence-electron chi connectivity index (χ3n) is 4.17. The molecule has 0 bridgehead atoms. The van der Waals surface area contributed by atoms with Gasteiger partial charge in [0.2, 0.25) is 0 Å². The fraction of sp³-hybridized carbons (Fsp3) is 0.562. The molecule has 0 aromatic heterocycles. The normalized spacial score (nSPS) is 16.2. The van der Waals surface area contributed by atoms with Crippen molar-refractivity contribution in [3.8, 4) is 0 Å². The van der Waals surface area contributed by atoms with Gasteiger partial charge >= 0.3 is 5.97 Å². The molecule has 0 radical (unpaired) electrons. The van der Waals surface area contributed by atoms with Gasteiger partial charge in [-0.3, -0.25) is 4.79 Å². The zero-order valence-corrected chi connectivity index (χ0v) is 12.0. The summed E-state index contributed by atoms with van der Waals surface area (Å²) >= 11 is 0. The molecule has 1 aromatic carbocycles. The van der Waals surface area contributed by atoms with E-state index in [0.717, 1.165) is 6.42 Å². The minimum absolute atomic E-state index is 0.0944. The molecule has 0 saturated heterocycles. The molecular weight excluding hydrogens is 238 g/mol. The first kappa shape index (κ1) is 14.1. The zero-order valence-electron chi connectivity index (χ0n) is 12.0. The number of carbonyl (C=O) groups is 1. The van der Waals surface area contributed by atoms with Crippen molar-refractivity contribution in [1.82, 2.24) is 5.32 Å². The van der Waals surface area contributed by atoms with Crippen molar-refractivity contribution in [3.63, 3.8) is 0 Å². The van der Waals surface area contributed by atoms with Crippen LogP contribution in [0.5, 0.6) is 0 Å². The Labute approximate surface area is 115 Å². The van der Waals surface area contributed by atoms with Gasteiger partial charge in [-0.1, -0.05) is 18.2 Å². The maximum atomic E-state index is 11.3. The van der Waals surface area contributed by atoms with Crippen molar-refractivity contribution < 1.29 is 9.90 Å². The number of hydrogen-bond donors (Lipinski definition) is 2. The monoisotopic (exact) mass is 261 g/mol. The number of carboxylic acids is 1. The molecule has 1 aliphatic carbocycles. The van der Waals surface area contributed by atoms with E-state index < -0.39 is 11.4 Å². The molecule has 0 saturated carbocycles. The molecule has 1 aromatic rings. The Bertz CT molecular complexity index is 480. The van der Waals surface area contributed by atoms with Gasteiger partial charge in [0, 0.05) is 6.04 Å². The van der Waals surface area contributed by atoms with E-state index in [2.05, 4.69) is 23.5 Å². The van der Waals surface area contributed by atoms with E-state index in [-0.39, 0.29) is 6.04 Å². The summed E-state index contributed by atoms with van der Waals surface area (Å²) in [5, 5.41) is 12.5. The Morgan fingerprint density at radius 2 is 2.05 bits per heavy atom. The van der Waals surface area contributed by atoms with Crippen molar-refractivity contribution in [3.05, 3.63) is 34.9 Å². The van der Waals surface area contributed by atoms with E-state index >= 15 is 0 Å². The molecule has 1 aliphatic rings. The number of hydrogen-bond acceptors (Lipinski definition) is 2. The maximum absolute atomic E-state index is 11.3. The average molecular weight is 261 g/mol. The molecule has 104 valence electrons. The van der Waals surface area contributed by atoms with Gasteiger partial charge in [-0.2, -0.15) is 0 Å². The molecule has 3 nitrogen and oxygen atoms in total. The van der Waals surface area contributed by atoms with Crippen molar-refractivity contribution in [2.75, 3.05) is 7.05 Å². The van der Waals surface area contributed by atoms with Crippen LogP contribution in [-0.4, -0.2) is 18.1 Å². The molecule has 19 heavy (non-hydrogen) atoms. The predicted molar refractivity (Wildman–Crippen MR) is 76.3 cm³/mol. The van der Waals surface area contributed by atoms with Crippen LogP contribution >= 0.6 is 0 Å². The third-order valence-corrected chi connectivity index (χ3v) is 4.17. The highest BCUT2D eigenvalue weighted by Gasteiger charge is 2.31. The first-order chi connectivity index (χ1) is 8.94. The van der Waals surface area contributed by atoms with Crippen molar-refractivity contribution >= 4 is 5.97 Å². The van der Waals surface area contributed by atoms with Crippen molar-refractivity contribution in [1.29, 1.82) is 0 Å². The Kier molecular flexibility index (Phi) is 3.95. The number of rotatable bonds is 5. The van der Waals surface area contributed by atoms with Gasteiger partial charge in [0.05, 0.1) is 5.41 Å². The number of benzene rings is 1. The first-order valence-electron chi connectivity index (χ1n) is 6.96. The summed E-state index contributed by atoms with van der Waals surface area (Å²) in [6.07, 6.45) is 4.17. The summed E-state index contributed by atoms with van der Waals surface area (Å²) in [4.78, 5) is 11.3. The summed E-state index contributed by atoms with van der Waals surface area (Å²) < 4.78 is 0. The summed E-state index contributed by atoms with van der Waals surface area (Å²) in [7, 11) is 1.90. The summed E-state index contributed by atoms with van der Waals surface area (Å²) in [5.41, 5.74) is 3.38. The van der Waals surface area contributed by atoms with Gasteiger partial charge in [0.15, 0.2) is 0 Å². The summed E-state index contributed by atoms with van der Waals surface area (Å²) in [6.45, 7) is 3.57. The molecule has 2 rings (SSSR count). The van der Waals surface area contributed by atoms with Gasteiger partial charge in [0.25, 0.3) is 0 Å². The number of nitrogens with one attached hydrogen (secondary N) is 1. The highest BCUT2D eigenvalue weighted by molar-refractivity contribution is 5.73. The SMILES string of the molecule is CNC(CC(C)(C)C(=O)O)c1ccc2c(c1)CCC2. The first-order valence-corrected chi connectivity index (χ1v) is 6.96. The van der Waals surface area contributed by atoms with Crippen LogP contribution in [0.2, 0.25) is 0 Å². The lowest BCUT2D eigenvalue weighted by molar-refractivity contribution is -0.147. The minimum atomic E-state index is -0.742. The lowest BCUT2D eigenvalue weighted by atomic mass is 9.83. The number of aryl methyl sites for hydroxylation is 2. The van der Waals surface area contributed by atoms with Crippen LogP contribution in [0.4, 0.5) is 0 Å². The topological polar surface area (TPSA) is 49.3 Å². The molecule has 2 N–H and O–H groups in total.